The lowest BCUT2D eigenvalue weighted by Crippen LogP contribution is -2.25. The van der Waals surface area contributed by atoms with Gasteiger partial charge in [-0.3, -0.25) is 0 Å². The van der Waals surface area contributed by atoms with Gasteiger partial charge in [-0.1, -0.05) is 37.8 Å². The van der Waals surface area contributed by atoms with Gasteiger partial charge in [-0.15, -0.1) is 0 Å². The first kappa shape index (κ1) is 43.2. The van der Waals surface area contributed by atoms with Crippen LogP contribution in [0.4, 0.5) is 37.7 Å². The number of halogens is 6. The van der Waals surface area contributed by atoms with Gasteiger partial charge in [0.25, 0.3) is 0 Å². The summed E-state index contributed by atoms with van der Waals surface area (Å²) in [6.45, 7) is 8.63. The standard InChI is InChI=1S/C38H44F6N4O4/c1-5-47(31-17-15-27(33(23-31)37(39,40)41)21-29(25-45)35(49)51-7-3)19-13-11-9-10-12-14-20-48(6-2)32-18-16-28(34(24-32)38(42,43)44)22-30(26-46)36(50)52-8-4/h15-18,21-24H,5-14,19-20H2,1-4H3. The Morgan fingerprint density at radius 2 is 0.981 bits per heavy atom. The molecule has 0 atom stereocenters. The molecule has 0 bridgehead atoms. The third-order valence-corrected chi connectivity index (χ3v) is 8.12. The van der Waals surface area contributed by atoms with Gasteiger partial charge in [0, 0.05) is 37.6 Å². The molecule has 0 aliphatic heterocycles. The van der Waals surface area contributed by atoms with E-state index in [-0.39, 0.29) is 24.3 Å². The molecular weight excluding hydrogens is 690 g/mol. The van der Waals surface area contributed by atoms with Gasteiger partial charge in [0.2, 0.25) is 0 Å². The van der Waals surface area contributed by atoms with E-state index in [1.807, 2.05) is 23.6 Å². The lowest BCUT2D eigenvalue weighted by molar-refractivity contribution is -0.139. The van der Waals surface area contributed by atoms with E-state index in [9.17, 15) is 46.5 Å². The van der Waals surface area contributed by atoms with E-state index in [2.05, 4.69) is 0 Å². The first-order chi connectivity index (χ1) is 24.6. The van der Waals surface area contributed by atoms with E-state index in [0.717, 1.165) is 62.8 Å². The normalized spacial score (nSPS) is 12.2. The molecule has 52 heavy (non-hydrogen) atoms. The molecule has 282 valence electrons. The summed E-state index contributed by atoms with van der Waals surface area (Å²) in [6, 6.07) is 10.8. The van der Waals surface area contributed by atoms with Crippen molar-refractivity contribution in [2.24, 2.45) is 0 Å². The summed E-state index contributed by atoms with van der Waals surface area (Å²) in [4.78, 5) is 27.6. The Bertz CT molecular complexity index is 1530. The number of hydrogen-bond acceptors (Lipinski definition) is 8. The maximum absolute atomic E-state index is 14.0. The van der Waals surface area contributed by atoms with Crippen molar-refractivity contribution in [1.29, 1.82) is 10.5 Å². The van der Waals surface area contributed by atoms with Gasteiger partial charge < -0.3 is 19.3 Å². The monoisotopic (exact) mass is 734 g/mol. The zero-order valence-electron chi connectivity index (χ0n) is 29.8. The van der Waals surface area contributed by atoms with Crippen LogP contribution in [-0.2, 0) is 31.4 Å². The summed E-state index contributed by atoms with van der Waals surface area (Å²) in [5.74, 6) is -1.99. The van der Waals surface area contributed by atoms with Gasteiger partial charge in [-0.25, -0.2) is 9.59 Å². The predicted octanol–water partition coefficient (Wildman–Crippen LogP) is 9.36. The number of carbonyl (C=O) groups is 2. The average molecular weight is 735 g/mol. The smallest absolute Gasteiger partial charge is 0.417 e. The molecule has 0 heterocycles. The van der Waals surface area contributed by atoms with Crippen molar-refractivity contribution in [3.05, 3.63) is 69.8 Å². The lowest BCUT2D eigenvalue weighted by atomic mass is 10.0. The molecule has 0 spiro atoms. The predicted molar refractivity (Wildman–Crippen MR) is 187 cm³/mol. The molecular formula is C38H44F6N4O4. The number of alkyl halides is 6. The Balaban J connectivity index is 1.98. The summed E-state index contributed by atoms with van der Waals surface area (Å²) in [5.41, 5.74) is -2.89. The highest BCUT2D eigenvalue weighted by Gasteiger charge is 2.35. The molecule has 14 heteroatoms. The van der Waals surface area contributed by atoms with Crippen molar-refractivity contribution in [1.82, 2.24) is 0 Å². The number of anilines is 2. The number of benzene rings is 2. The summed E-state index contributed by atoms with van der Waals surface area (Å²) in [6.07, 6.45) is -2.84. The first-order valence-electron chi connectivity index (χ1n) is 17.1. The third kappa shape index (κ3) is 13.0. The number of esters is 2. The van der Waals surface area contributed by atoms with E-state index in [1.165, 1.54) is 38.1 Å². The van der Waals surface area contributed by atoms with E-state index < -0.39 is 46.6 Å². The van der Waals surface area contributed by atoms with Gasteiger partial charge in [-0.05, 0) is 88.1 Å². The second kappa shape index (κ2) is 20.8. The highest BCUT2D eigenvalue weighted by molar-refractivity contribution is 5.98. The maximum Gasteiger partial charge on any atom is 0.417 e. The van der Waals surface area contributed by atoms with Gasteiger partial charge in [0.1, 0.15) is 23.3 Å². The molecule has 0 fully saturated rings. The van der Waals surface area contributed by atoms with Crippen LogP contribution in [0.1, 0.15) is 88.5 Å². The van der Waals surface area contributed by atoms with Crippen LogP contribution in [0.15, 0.2) is 47.5 Å². The van der Waals surface area contributed by atoms with Crippen molar-refractivity contribution >= 4 is 35.5 Å². The highest BCUT2D eigenvalue weighted by atomic mass is 19.4. The SMILES string of the molecule is CCOC(=O)C(C#N)=Cc1ccc(N(CC)CCCCCCCCN(CC)c2ccc(C=C(C#N)C(=O)OCC)c(C(F)(F)F)c2)cc1C(F)(F)F. The van der Waals surface area contributed by atoms with Gasteiger partial charge in [0.05, 0.1) is 24.3 Å². The van der Waals surface area contributed by atoms with Crippen molar-refractivity contribution < 1.29 is 45.4 Å². The Morgan fingerprint density at radius 1 is 0.635 bits per heavy atom. The molecule has 2 aromatic rings. The molecule has 0 aliphatic carbocycles. The van der Waals surface area contributed by atoms with Crippen molar-refractivity contribution in [2.45, 2.75) is 78.6 Å². The third-order valence-electron chi connectivity index (χ3n) is 8.12. The van der Waals surface area contributed by atoms with Gasteiger partial charge in [-0.2, -0.15) is 36.9 Å². The minimum absolute atomic E-state index is 0.0241. The second-order valence-corrected chi connectivity index (χ2v) is 11.6. The molecule has 0 aromatic heterocycles. The van der Waals surface area contributed by atoms with Crippen LogP contribution in [-0.4, -0.2) is 51.3 Å². The van der Waals surface area contributed by atoms with Crippen LogP contribution in [0.2, 0.25) is 0 Å². The lowest BCUT2D eigenvalue weighted by Gasteiger charge is -2.25. The molecule has 0 radical (unpaired) electrons. The minimum atomic E-state index is -4.72. The molecule has 2 rings (SSSR count). The average Bonchev–Trinajstić information content (AvgIpc) is 3.10. The Morgan fingerprint density at radius 3 is 1.27 bits per heavy atom. The number of rotatable bonds is 19. The number of hydrogen-bond donors (Lipinski definition) is 0. The molecule has 2 aromatic carbocycles. The number of carbonyl (C=O) groups excluding carboxylic acids is 2. The number of ether oxygens (including phenoxy) is 2. The molecule has 8 nitrogen and oxygen atoms in total. The van der Waals surface area contributed by atoms with Crippen LogP contribution in [0, 0.1) is 22.7 Å². The molecule has 0 amide bonds. The van der Waals surface area contributed by atoms with Crippen LogP contribution in [0.3, 0.4) is 0 Å². The largest absolute Gasteiger partial charge is 0.462 e. The van der Waals surface area contributed by atoms with Crippen LogP contribution in [0.25, 0.3) is 12.2 Å². The second-order valence-electron chi connectivity index (χ2n) is 11.6. The van der Waals surface area contributed by atoms with Gasteiger partial charge in [0.15, 0.2) is 0 Å². The van der Waals surface area contributed by atoms with E-state index >= 15 is 0 Å². The zero-order chi connectivity index (χ0) is 38.9. The summed E-state index contributed by atoms with van der Waals surface area (Å²) < 4.78 is 93.4. The zero-order valence-corrected chi connectivity index (χ0v) is 29.8. The summed E-state index contributed by atoms with van der Waals surface area (Å²) >= 11 is 0. The van der Waals surface area contributed by atoms with Crippen molar-refractivity contribution in [3.8, 4) is 12.1 Å². The van der Waals surface area contributed by atoms with Crippen LogP contribution in [0.5, 0.6) is 0 Å². The molecule has 0 aliphatic rings. The van der Waals surface area contributed by atoms with E-state index in [4.69, 9.17) is 9.47 Å². The molecule has 0 unspecified atom stereocenters. The molecule has 0 saturated carbocycles. The number of nitriles is 2. The Kier molecular flexibility index (Phi) is 17.2. The number of unbranched alkanes of at least 4 members (excludes halogenated alkanes) is 5. The fourth-order valence-corrected chi connectivity index (χ4v) is 5.48. The number of nitrogens with zero attached hydrogens (tertiary/aromatic N) is 4. The van der Waals surface area contributed by atoms with Crippen LogP contribution < -0.4 is 9.80 Å². The Labute approximate surface area is 300 Å². The maximum atomic E-state index is 14.0. The summed E-state index contributed by atoms with van der Waals surface area (Å²) in [7, 11) is 0. The van der Waals surface area contributed by atoms with Crippen LogP contribution >= 0.6 is 0 Å². The first-order valence-corrected chi connectivity index (χ1v) is 17.1. The minimum Gasteiger partial charge on any atom is -0.462 e. The van der Waals surface area contributed by atoms with E-state index in [1.54, 1.807) is 12.1 Å². The highest BCUT2D eigenvalue weighted by Crippen LogP contribution is 2.37. The van der Waals surface area contributed by atoms with Crippen molar-refractivity contribution in [2.75, 3.05) is 49.2 Å². The van der Waals surface area contributed by atoms with Gasteiger partial charge >= 0.3 is 24.3 Å². The van der Waals surface area contributed by atoms with E-state index in [0.29, 0.717) is 37.6 Å². The quantitative estimate of drug-likeness (QED) is 0.0462. The fourth-order valence-electron chi connectivity index (χ4n) is 5.48. The Hall–Kier alpha value is -4.98. The topological polar surface area (TPSA) is 107 Å². The molecule has 0 N–H and O–H groups in total. The molecule has 0 saturated heterocycles. The van der Waals surface area contributed by atoms with Crippen molar-refractivity contribution in [3.63, 3.8) is 0 Å². The summed E-state index contributed by atoms with van der Waals surface area (Å²) in [5, 5.41) is 18.5. The fraction of sp³-hybridized carbons (Fsp3) is 0.474.